The van der Waals surface area contributed by atoms with Crippen molar-refractivity contribution in [1.82, 2.24) is 9.78 Å². The van der Waals surface area contributed by atoms with Gasteiger partial charge in [-0.15, -0.1) is 0 Å². The number of ether oxygens (including phenoxy) is 1. The van der Waals surface area contributed by atoms with Crippen LogP contribution in [0.15, 0.2) is 0 Å². The smallest absolute Gasteiger partial charge is 0.214 e. The molecule has 4 heteroatoms. The third-order valence-corrected chi connectivity index (χ3v) is 1.99. The lowest BCUT2D eigenvalue weighted by Crippen LogP contribution is -1.97. The zero-order valence-corrected chi connectivity index (χ0v) is 8.20. The van der Waals surface area contributed by atoms with E-state index < -0.39 is 0 Å². The first-order chi connectivity index (χ1) is 6.20. The highest BCUT2D eigenvalue weighted by atomic mass is 16.5. The predicted octanol–water partition coefficient (Wildman–Crippen LogP) is 0.869. The second-order valence-electron chi connectivity index (χ2n) is 2.90. The maximum atomic E-state index is 10.2. The monoisotopic (exact) mass is 182 g/mol. The Hall–Kier alpha value is -1.32. The van der Waals surface area contributed by atoms with Crippen LogP contribution in [0.4, 0.5) is 0 Å². The van der Waals surface area contributed by atoms with E-state index in [1.54, 1.807) is 11.8 Å². The van der Waals surface area contributed by atoms with Crippen LogP contribution in [-0.4, -0.2) is 23.2 Å². The molecule has 0 N–H and O–H groups in total. The van der Waals surface area contributed by atoms with Gasteiger partial charge in [-0.1, -0.05) is 0 Å². The van der Waals surface area contributed by atoms with Crippen molar-refractivity contribution in [1.29, 1.82) is 0 Å². The van der Waals surface area contributed by atoms with Crippen molar-refractivity contribution in [2.75, 3.05) is 7.11 Å². The zero-order valence-electron chi connectivity index (χ0n) is 8.20. The molecule has 0 atom stereocenters. The minimum Gasteiger partial charge on any atom is -0.481 e. The summed E-state index contributed by atoms with van der Waals surface area (Å²) in [6.45, 7) is 1.92. The van der Waals surface area contributed by atoms with Crippen molar-refractivity contribution < 1.29 is 9.53 Å². The summed E-state index contributed by atoms with van der Waals surface area (Å²) < 4.78 is 6.87. The van der Waals surface area contributed by atoms with Gasteiger partial charge in [-0.25, -0.2) is 4.68 Å². The molecule has 0 aliphatic heterocycles. The molecule has 1 aromatic heterocycles. The van der Waals surface area contributed by atoms with Gasteiger partial charge in [-0.3, -0.25) is 0 Å². The Kier molecular flexibility index (Phi) is 3.06. The maximum Gasteiger partial charge on any atom is 0.214 e. The number of aromatic nitrogens is 2. The summed E-state index contributed by atoms with van der Waals surface area (Å²) in [6, 6.07) is 0. The number of aryl methyl sites for hydroxylation is 2. The lowest BCUT2D eigenvalue weighted by Gasteiger charge is -2.02. The molecule has 4 nitrogen and oxygen atoms in total. The summed E-state index contributed by atoms with van der Waals surface area (Å²) in [5, 5.41) is 4.21. The Bertz CT molecular complexity index is 305. The Labute approximate surface area is 77.5 Å². The first-order valence-corrected chi connectivity index (χ1v) is 4.20. The number of rotatable bonds is 4. The Morgan fingerprint density at radius 3 is 2.85 bits per heavy atom. The highest BCUT2D eigenvalue weighted by Gasteiger charge is 2.12. The molecular formula is C9H14N2O2. The Morgan fingerprint density at radius 1 is 1.62 bits per heavy atom. The topological polar surface area (TPSA) is 44.1 Å². The molecule has 72 valence electrons. The average molecular weight is 182 g/mol. The van der Waals surface area contributed by atoms with Crippen molar-refractivity contribution >= 4 is 6.29 Å². The fourth-order valence-electron chi connectivity index (χ4n) is 1.43. The van der Waals surface area contributed by atoms with Crippen LogP contribution in [0.1, 0.15) is 17.7 Å². The van der Waals surface area contributed by atoms with Gasteiger partial charge in [0.15, 0.2) is 0 Å². The van der Waals surface area contributed by atoms with Gasteiger partial charge in [0.05, 0.1) is 12.8 Å². The van der Waals surface area contributed by atoms with Crippen molar-refractivity contribution in [3.63, 3.8) is 0 Å². The van der Waals surface area contributed by atoms with E-state index in [0.29, 0.717) is 12.8 Å². The fourth-order valence-corrected chi connectivity index (χ4v) is 1.43. The van der Waals surface area contributed by atoms with Crippen LogP contribution in [0.25, 0.3) is 0 Å². The number of hydrogen-bond donors (Lipinski definition) is 0. The van der Waals surface area contributed by atoms with E-state index in [4.69, 9.17) is 4.74 Å². The third-order valence-electron chi connectivity index (χ3n) is 1.99. The van der Waals surface area contributed by atoms with Crippen molar-refractivity contribution in [3.8, 4) is 5.88 Å². The Balaban J connectivity index is 2.95. The summed E-state index contributed by atoms with van der Waals surface area (Å²) in [5.41, 5.74) is 1.96. The molecular weight excluding hydrogens is 168 g/mol. The van der Waals surface area contributed by atoms with Crippen molar-refractivity contribution in [2.45, 2.75) is 19.8 Å². The largest absolute Gasteiger partial charge is 0.481 e. The van der Waals surface area contributed by atoms with Gasteiger partial charge in [0.1, 0.15) is 6.29 Å². The van der Waals surface area contributed by atoms with Gasteiger partial charge >= 0.3 is 0 Å². The molecule has 0 unspecified atom stereocenters. The van der Waals surface area contributed by atoms with Crippen LogP contribution in [0.3, 0.4) is 0 Å². The number of carbonyl (C=O) groups is 1. The van der Waals surface area contributed by atoms with Gasteiger partial charge < -0.3 is 9.53 Å². The van der Waals surface area contributed by atoms with E-state index in [2.05, 4.69) is 5.10 Å². The van der Waals surface area contributed by atoms with E-state index in [0.717, 1.165) is 23.4 Å². The molecule has 0 amide bonds. The SMILES string of the molecule is COc1c(CCC=O)c(C)nn1C. The number of carbonyl (C=O) groups excluding carboxylic acids is 1. The molecule has 0 aliphatic carbocycles. The molecule has 1 heterocycles. The maximum absolute atomic E-state index is 10.2. The summed E-state index contributed by atoms with van der Waals surface area (Å²) in [6.07, 6.45) is 2.13. The van der Waals surface area contributed by atoms with E-state index in [1.165, 1.54) is 0 Å². The minimum absolute atomic E-state index is 0.517. The zero-order chi connectivity index (χ0) is 9.84. The van der Waals surface area contributed by atoms with E-state index in [-0.39, 0.29) is 0 Å². The molecule has 0 fully saturated rings. The van der Waals surface area contributed by atoms with E-state index in [1.807, 2.05) is 14.0 Å². The lowest BCUT2D eigenvalue weighted by molar-refractivity contribution is -0.107. The van der Waals surface area contributed by atoms with E-state index in [9.17, 15) is 4.79 Å². The molecule has 1 aromatic rings. The molecule has 13 heavy (non-hydrogen) atoms. The van der Waals surface area contributed by atoms with Crippen molar-refractivity contribution in [2.24, 2.45) is 7.05 Å². The second-order valence-corrected chi connectivity index (χ2v) is 2.90. The van der Waals surface area contributed by atoms with Crippen LogP contribution in [-0.2, 0) is 18.3 Å². The summed E-state index contributed by atoms with van der Waals surface area (Å²) in [4.78, 5) is 10.2. The normalized spacial score (nSPS) is 10.1. The molecule has 0 spiro atoms. The van der Waals surface area contributed by atoms with Gasteiger partial charge in [0.2, 0.25) is 5.88 Å². The minimum atomic E-state index is 0.517. The summed E-state index contributed by atoms with van der Waals surface area (Å²) >= 11 is 0. The number of hydrogen-bond acceptors (Lipinski definition) is 3. The Morgan fingerprint density at radius 2 is 2.31 bits per heavy atom. The first kappa shape index (κ1) is 9.77. The van der Waals surface area contributed by atoms with Gasteiger partial charge in [-0.2, -0.15) is 5.10 Å². The van der Waals surface area contributed by atoms with Crippen LogP contribution < -0.4 is 4.74 Å². The molecule has 0 radical (unpaired) electrons. The molecule has 1 rings (SSSR count). The average Bonchev–Trinajstić information content (AvgIpc) is 2.37. The molecule has 0 aromatic carbocycles. The first-order valence-electron chi connectivity index (χ1n) is 4.20. The lowest BCUT2D eigenvalue weighted by atomic mass is 10.1. The third kappa shape index (κ3) is 1.88. The summed E-state index contributed by atoms with van der Waals surface area (Å²) in [7, 11) is 3.44. The summed E-state index contributed by atoms with van der Waals surface area (Å²) in [5.74, 6) is 0.749. The van der Waals surface area contributed by atoms with Crippen LogP contribution >= 0.6 is 0 Å². The van der Waals surface area contributed by atoms with Gasteiger partial charge in [-0.05, 0) is 13.3 Å². The molecule has 0 saturated heterocycles. The van der Waals surface area contributed by atoms with Gasteiger partial charge in [0.25, 0.3) is 0 Å². The molecule has 0 bridgehead atoms. The molecule has 0 saturated carbocycles. The number of aldehydes is 1. The van der Waals surface area contributed by atoms with Crippen LogP contribution in [0.5, 0.6) is 5.88 Å². The van der Waals surface area contributed by atoms with Crippen LogP contribution in [0, 0.1) is 6.92 Å². The second kappa shape index (κ2) is 4.07. The quantitative estimate of drug-likeness (QED) is 0.649. The number of methoxy groups -OCH3 is 1. The predicted molar refractivity (Wildman–Crippen MR) is 48.9 cm³/mol. The highest BCUT2D eigenvalue weighted by molar-refractivity contribution is 5.50. The standard InChI is InChI=1S/C9H14N2O2/c1-7-8(5-4-6-12)9(13-3)11(2)10-7/h6H,4-5H2,1-3H3. The molecule has 0 aliphatic rings. The van der Waals surface area contributed by atoms with Gasteiger partial charge in [0, 0.05) is 19.0 Å². The van der Waals surface area contributed by atoms with Crippen molar-refractivity contribution in [3.05, 3.63) is 11.3 Å². The van der Waals surface area contributed by atoms with Crippen LogP contribution in [0.2, 0.25) is 0 Å². The fraction of sp³-hybridized carbons (Fsp3) is 0.556. The van der Waals surface area contributed by atoms with E-state index >= 15 is 0 Å². The highest BCUT2D eigenvalue weighted by Crippen LogP contribution is 2.21. The number of nitrogens with zero attached hydrogens (tertiary/aromatic N) is 2.